The van der Waals surface area contributed by atoms with Crippen molar-refractivity contribution in [3.63, 3.8) is 0 Å². The number of anilines is 2. The maximum atomic E-state index is 4.13. The monoisotopic (exact) mass is 384 g/mol. The van der Waals surface area contributed by atoms with E-state index in [-0.39, 0.29) is 28.5 Å². The summed E-state index contributed by atoms with van der Waals surface area (Å²) in [5.41, 5.74) is 0.873. The molecule has 0 aliphatic heterocycles. The molecular formula is C11H12N4W. The molecule has 0 amide bonds. The molecule has 2 heterocycles. The summed E-state index contributed by atoms with van der Waals surface area (Å²) in [5.74, 6) is 1.50. The summed E-state index contributed by atoms with van der Waals surface area (Å²) in [7, 11) is 0. The molecule has 4 nitrogen and oxygen atoms in total. The van der Waals surface area contributed by atoms with Crippen LogP contribution in [0.1, 0.15) is 5.56 Å². The number of pyridine rings is 1. The molecule has 2 rings (SSSR count). The van der Waals surface area contributed by atoms with Crippen molar-refractivity contribution < 1.29 is 21.1 Å². The van der Waals surface area contributed by atoms with Crippen LogP contribution < -0.4 is 5.32 Å². The van der Waals surface area contributed by atoms with Crippen LogP contribution in [-0.4, -0.2) is 15.0 Å². The molecule has 0 saturated carbocycles. The first kappa shape index (κ1) is 14.7. The van der Waals surface area contributed by atoms with Gasteiger partial charge in [0.05, 0.1) is 0 Å². The van der Waals surface area contributed by atoms with Gasteiger partial charge < -0.3 is 22.7 Å². The van der Waals surface area contributed by atoms with E-state index in [1.165, 1.54) is 6.33 Å². The van der Waals surface area contributed by atoms with Gasteiger partial charge in [-0.25, -0.2) is 4.98 Å². The molecule has 0 atom stereocenters. The third-order valence-electron chi connectivity index (χ3n) is 1.74. The summed E-state index contributed by atoms with van der Waals surface area (Å²) in [6.07, 6.45) is 6.00. The standard InChI is InChI=1S/C10H9N4.CH3.W/c1-8-6-11-7-13-10(8)14-9-4-2-3-5-12-9;;/h2-5,7H,1H3,(H,11,12,13,14);1H3;/q2*-1;+2. The van der Waals surface area contributed by atoms with Gasteiger partial charge in [-0.1, -0.05) is 19.2 Å². The summed E-state index contributed by atoms with van der Waals surface area (Å²) in [4.78, 5) is 12.0. The summed E-state index contributed by atoms with van der Waals surface area (Å²) >= 11 is 0. The average Bonchev–Trinajstić information content (AvgIpc) is 2.23. The Bertz CT molecular complexity index is 419. The van der Waals surface area contributed by atoms with E-state index in [1.54, 1.807) is 6.20 Å². The Kier molecular flexibility index (Phi) is 6.50. The average molecular weight is 384 g/mol. The van der Waals surface area contributed by atoms with Gasteiger partial charge in [-0.2, -0.15) is 0 Å². The van der Waals surface area contributed by atoms with Crippen molar-refractivity contribution >= 4 is 11.6 Å². The van der Waals surface area contributed by atoms with E-state index in [9.17, 15) is 0 Å². The van der Waals surface area contributed by atoms with Gasteiger partial charge >= 0.3 is 21.1 Å². The Balaban J connectivity index is 0.00000112. The van der Waals surface area contributed by atoms with Crippen LogP contribution in [0.3, 0.4) is 0 Å². The number of hydrogen-bond donors (Lipinski definition) is 1. The molecule has 0 aromatic carbocycles. The zero-order chi connectivity index (χ0) is 9.80. The second-order valence-electron chi connectivity index (χ2n) is 2.80. The van der Waals surface area contributed by atoms with Crippen LogP contribution in [0.25, 0.3) is 0 Å². The maximum Gasteiger partial charge on any atom is 2.00 e. The normalized spacial score (nSPS) is 8.56. The van der Waals surface area contributed by atoms with Crippen LogP contribution in [0.15, 0.2) is 30.7 Å². The van der Waals surface area contributed by atoms with Crippen LogP contribution in [0, 0.1) is 20.5 Å². The fourth-order valence-corrected chi connectivity index (χ4v) is 1.05. The van der Waals surface area contributed by atoms with Gasteiger partial charge in [-0.3, -0.25) is 0 Å². The number of nitrogens with one attached hydrogen (secondary N) is 1. The second kappa shape index (κ2) is 7.07. The SMILES string of the molecule is Cc1[c-]ncnc1Nc1ccccn1.[CH3-].[W+2]. The van der Waals surface area contributed by atoms with E-state index < -0.39 is 0 Å². The van der Waals surface area contributed by atoms with Crippen molar-refractivity contribution in [2.75, 3.05) is 5.32 Å². The molecule has 0 radical (unpaired) electrons. The molecule has 16 heavy (non-hydrogen) atoms. The summed E-state index contributed by atoms with van der Waals surface area (Å²) in [5, 5.41) is 3.08. The molecule has 0 saturated heterocycles. The Morgan fingerprint density at radius 1 is 1.25 bits per heavy atom. The summed E-state index contributed by atoms with van der Waals surface area (Å²) in [6, 6.07) is 5.65. The van der Waals surface area contributed by atoms with Crippen LogP contribution in [0.4, 0.5) is 11.6 Å². The van der Waals surface area contributed by atoms with E-state index in [0.29, 0.717) is 0 Å². The number of rotatable bonds is 2. The first-order chi connectivity index (χ1) is 6.86. The molecule has 0 fully saturated rings. The van der Waals surface area contributed by atoms with E-state index in [1.807, 2.05) is 25.1 Å². The summed E-state index contributed by atoms with van der Waals surface area (Å²) in [6.45, 7) is 1.89. The minimum atomic E-state index is 0. The number of aryl methyl sites for hydroxylation is 1. The first-order valence-corrected chi connectivity index (χ1v) is 4.23. The molecule has 1 N–H and O–H groups in total. The zero-order valence-corrected chi connectivity index (χ0v) is 12.1. The third-order valence-corrected chi connectivity index (χ3v) is 1.74. The Labute approximate surface area is 110 Å². The molecule has 0 aliphatic rings. The Morgan fingerprint density at radius 3 is 2.69 bits per heavy atom. The van der Waals surface area contributed by atoms with Crippen molar-refractivity contribution in [1.29, 1.82) is 0 Å². The fourth-order valence-electron chi connectivity index (χ4n) is 1.05. The molecule has 82 valence electrons. The van der Waals surface area contributed by atoms with Gasteiger partial charge in [-0.15, -0.1) is 5.56 Å². The third kappa shape index (κ3) is 3.70. The van der Waals surface area contributed by atoms with Crippen molar-refractivity contribution in [3.8, 4) is 0 Å². The molecule has 0 unspecified atom stereocenters. The molecule has 5 heteroatoms. The Morgan fingerprint density at radius 2 is 2.06 bits per heavy atom. The predicted octanol–water partition coefficient (Wildman–Crippen LogP) is 2.17. The van der Waals surface area contributed by atoms with Crippen molar-refractivity contribution in [2.24, 2.45) is 0 Å². The molecule has 2 aromatic rings. The molecule has 0 aliphatic carbocycles. The maximum absolute atomic E-state index is 4.13. The van der Waals surface area contributed by atoms with Gasteiger partial charge in [-0.05, 0) is 12.1 Å². The molecule has 2 aromatic heterocycles. The van der Waals surface area contributed by atoms with Gasteiger partial charge in [0.15, 0.2) is 0 Å². The topological polar surface area (TPSA) is 50.7 Å². The van der Waals surface area contributed by atoms with Gasteiger partial charge in [0.25, 0.3) is 0 Å². The van der Waals surface area contributed by atoms with E-state index >= 15 is 0 Å². The minimum Gasteiger partial charge on any atom is -0.378 e. The zero-order valence-electron chi connectivity index (χ0n) is 9.14. The number of aromatic nitrogens is 3. The molecule has 0 bridgehead atoms. The van der Waals surface area contributed by atoms with Crippen LogP contribution >= 0.6 is 0 Å². The van der Waals surface area contributed by atoms with Crippen LogP contribution in [0.2, 0.25) is 0 Å². The largest absolute Gasteiger partial charge is 2.00 e. The van der Waals surface area contributed by atoms with Crippen molar-refractivity contribution in [2.45, 2.75) is 6.92 Å². The van der Waals surface area contributed by atoms with Crippen molar-refractivity contribution in [3.05, 3.63) is 49.9 Å². The van der Waals surface area contributed by atoms with Crippen molar-refractivity contribution in [1.82, 2.24) is 15.0 Å². The van der Waals surface area contributed by atoms with Gasteiger partial charge in [0.1, 0.15) is 5.82 Å². The molecule has 0 spiro atoms. The first-order valence-electron chi connectivity index (χ1n) is 4.23. The quantitative estimate of drug-likeness (QED) is 0.807. The second-order valence-corrected chi connectivity index (χ2v) is 2.80. The van der Waals surface area contributed by atoms with E-state index in [4.69, 9.17) is 0 Å². The van der Waals surface area contributed by atoms with Gasteiger partial charge in [0.2, 0.25) is 0 Å². The minimum absolute atomic E-state index is 0. The van der Waals surface area contributed by atoms with Crippen LogP contribution in [-0.2, 0) is 21.1 Å². The van der Waals surface area contributed by atoms with E-state index in [0.717, 1.165) is 17.2 Å². The van der Waals surface area contributed by atoms with E-state index in [2.05, 4.69) is 26.5 Å². The fraction of sp³-hybridized carbons (Fsp3) is 0.0909. The number of hydrogen-bond acceptors (Lipinski definition) is 4. The van der Waals surface area contributed by atoms with Gasteiger partial charge in [0, 0.05) is 18.3 Å². The molecular weight excluding hydrogens is 372 g/mol. The predicted molar refractivity (Wildman–Crippen MR) is 59.5 cm³/mol. The van der Waals surface area contributed by atoms with Crippen LogP contribution in [0.5, 0.6) is 0 Å². The summed E-state index contributed by atoms with van der Waals surface area (Å²) < 4.78 is 0. The Hall–Kier alpha value is -1.28. The smallest absolute Gasteiger partial charge is 0.378 e. The number of nitrogens with zero attached hydrogens (tertiary/aromatic N) is 3.